The van der Waals surface area contributed by atoms with Gasteiger partial charge in [0.2, 0.25) is 0 Å². The van der Waals surface area contributed by atoms with E-state index in [2.05, 4.69) is 28.7 Å². The normalized spacial score (nSPS) is 12.6. The van der Waals surface area contributed by atoms with E-state index in [0.29, 0.717) is 0 Å². The maximum atomic E-state index is 3.49. The van der Waals surface area contributed by atoms with Gasteiger partial charge in [0.15, 0.2) is 0 Å². The minimum atomic E-state index is -1.24. The topological polar surface area (TPSA) is 0 Å². The zero-order chi connectivity index (χ0) is 19.3. The van der Waals surface area contributed by atoms with Crippen LogP contribution in [0.1, 0.15) is 136 Å². The molecule has 0 saturated heterocycles. The SMILES string of the molecule is CCCCCCCC[Se](P)(CCCCCCCC)CCCCCCCC. The van der Waals surface area contributed by atoms with Gasteiger partial charge < -0.3 is 0 Å². The fourth-order valence-corrected chi connectivity index (χ4v) is 12.6. The van der Waals surface area contributed by atoms with Gasteiger partial charge in [-0.2, -0.15) is 0 Å². The van der Waals surface area contributed by atoms with Crippen molar-refractivity contribution < 1.29 is 0 Å². The molecule has 2 heteroatoms. The van der Waals surface area contributed by atoms with Crippen molar-refractivity contribution >= 4 is 20.3 Å². The Kier molecular flexibility index (Phi) is 21.4. The molecule has 0 aliphatic heterocycles. The van der Waals surface area contributed by atoms with Gasteiger partial charge in [-0.3, -0.25) is 0 Å². The van der Waals surface area contributed by atoms with E-state index in [0.717, 1.165) is 0 Å². The summed E-state index contributed by atoms with van der Waals surface area (Å²) in [5.74, 6) is 0. The van der Waals surface area contributed by atoms with Crippen molar-refractivity contribution in [3.05, 3.63) is 0 Å². The molecule has 0 aromatic carbocycles. The molecular formula is C24H53PSe. The third kappa shape index (κ3) is 18.3. The van der Waals surface area contributed by atoms with Crippen molar-refractivity contribution in [1.29, 1.82) is 0 Å². The molecule has 0 aliphatic carbocycles. The summed E-state index contributed by atoms with van der Waals surface area (Å²) in [5.41, 5.74) is 0. The van der Waals surface area contributed by atoms with E-state index in [1.54, 1.807) is 16.0 Å². The maximum absolute atomic E-state index is 3.49. The van der Waals surface area contributed by atoms with Crippen molar-refractivity contribution in [1.82, 2.24) is 0 Å². The van der Waals surface area contributed by atoms with Gasteiger partial charge in [-0.1, -0.05) is 0 Å². The van der Waals surface area contributed by atoms with Gasteiger partial charge in [0.05, 0.1) is 0 Å². The summed E-state index contributed by atoms with van der Waals surface area (Å²) >= 11 is -1.24. The van der Waals surface area contributed by atoms with Crippen molar-refractivity contribution in [2.45, 2.75) is 152 Å². The molecule has 1 unspecified atom stereocenters. The molecule has 0 saturated carbocycles. The Hall–Kier alpha value is 0.949. The van der Waals surface area contributed by atoms with E-state index in [9.17, 15) is 0 Å². The Morgan fingerprint density at radius 3 is 0.885 bits per heavy atom. The van der Waals surface area contributed by atoms with Gasteiger partial charge in [-0.25, -0.2) is 0 Å². The zero-order valence-electron chi connectivity index (χ0n) is 18.8. The predicted octanol–water partition coefficient (Wildman–Crippen LogP) is 9.89. The third-order valence-corrected chi connectivity index (χ3v) is 16.3. The first-order valence-corrected chi connectivity index (χ1v) is 19.3. The molecule has 0 nitrogen and oxygen atoms in total. The summed E-state index contributed by atoms with van der Waals surface area (Å²) in [5, 5.41) is 4.83. The van der Waals surface area contributed by atoms with E-state index >= 15 is 0 Å². The zero-order valence-corrected chi connectivity index (χ0v) is 21.7. The number of hydrogen-bond donors (Lipinski definition) is 0. The third-order valence-electron chi connectivity index (χ3n) is 5.71. The molecule has 0 spiro atoms. The number of rotatable bonds is 21. The van der Waals surface area contributed by atoms with Gasteiger partial charge in [0.25, 0.3) is 0 Å². The van der Waals surface area contributed by atoms with Crippen molar-refractivity contribution in [3.63, 3.8) is 0 Å². The summed E-state index contributed by atoms with van der Waals surface area (Å²) in [7, 11) is 3.49. The number of unbranched alkanes of at least 4 members (excludes halogenated alkanes) is 15. The summed E-state index contributed by atoms with van der Waals surface area (Å²) in [4.78, 5) is 0. The Balaban J connectivity index is 4.02. The monoisotopic (exact) mass is 452 g/mol. The van der Waals surface area contributed by atoms with E-state index in [1.807, 2.05) is 0 Å². The molecule has 0 fully saturated rings. The quantitative estimate of drug-likeness (QED) is 0.0925. The second-order valence-electron chi connectivity index (χ2n) is 8.53. The first-order chi connectivity index (χ1) is 12.7. The summed E-state index contributed by atoms with van der Waals surface area (Å²) in [6.07, 6.45) is 26.4. The summed E-state index contributed by atoms with van der Waals surface area (Å²) in [6, 6.07) is 0. The minimum absolute atomic E-state index is 1.24. The Bertz CT molecular complexity index is 226. The Morgan fingerprint density at radius 2 is 0.615 bits per heavy atom. The van der Waals surface area contributed by atoms with Crippen LogP contribution in [0.5, 0.6) is 0 Å². The van der Waals surface area contributed by atoms with Crippen LogP contribution in [-0.4, -0.2) is 12.4 Å². The molecule has 0 amide bonds. The first kappa shape index (κ1) is 26.9. The van der Waals surface area contributed by atoms with Crippen molar-refractivity contribution in [2.24, 2.45) is 0 Å². The number of hydrogen-bond acceptors (Lipinski definition) is 0. The van der Waals surface area contributed by atoms with Crippen LogP contribution in [-0.2, 0) is 0 Å². The molecule has 1 atom stereocenters. The van der Waals surface area contributed by atoms with E-state index in [-0.39, 0.29) is 0 Å². The van der Waals surface area contributed by atoms with Gasteiger partial charge in [-0.05, 0) is 0 Å². The van der Waals surface area contributed by atoms with Gasteiger partial charge in [0.1, 0.15) is 0 Å². The predicted molar refractivity (Wildman–Crippen MR) is 130 cm³/mol. The van der Waals surface area contributed by atoms with Crippen LogP contribution in [0.3, 0.4) is 0 Å². The fourth-order valence-electron chi connectivity index (χ4n) is 3.82. The summed E-state index contributed by atoms with van der Waals surface area (Å²) in [6.45, 7) is 6.97. The van der Waals surface area contributed by atoms with Crippen LogP contribution >= 0.6 is 7.93 Å². The second kappa shape index (κ2) is 20.7. The van der Waals surface area contributed by atoms with Crippen LogP contribution in [0.25, 0.3) is 0 Å². The van der Waals surface area contributed by atoms with Crippen molar-refractivity contribution in [2.75, 3.05) is 0 Å². The molecule has 0 aliphatic rings. The summed E-state index contributed by atoms with van der Waals surface area (Å²) < 4.78 is 0. The molecule has 160 valence electrons. The van der Waals surface area contributed by atoms with Crippen LogP contribution in [0, 0.1) is 0 Å². The fraction of sp³-hybridized carbons (Fsp3) is 1.00. The average molecular weight is 452 g/mol. The molecule has 0 aromatic heterocycles. The van der Waals surface area contributed by atoms with Crippen molar-refractivity contribution in [3.8, 4) is 0 Å². The molecule has 0 heterocycles. The second-order valence-corrected chi connectivity index (χ2v) is 21.0. The molecule has 0 aromatic rings. The average Bonchev–Trinajstić information content (AvgIpc) is 2.64. The van der Waals surface area contributed by atoms with Crippen LogP contribution in [0.4, 0.5) is 0 Å². The molecule has 0 rings (SSSR count). The van der Waals surface area contributed by atoms with E-state index < -0.39 is 12.4 Å². The first-order valence-electron chi connectivity index (χ1n) is 12.2. The molecular weight excluding hydrogens is 398 g/mol. The van der Waals surface area contributed by atoms with Crippen LogP contribution < -0.4 is 0 Å². The molecule has 0 radical (unpaired) electrons. The molecule has 26 heavy (non-hydrogen) atoms. The van der Waals surface area contributed by atoms with Crippen LogP contribution in [0.2, 0.25) is 16.0 Å². The van der Waals surface area contributed by atoms with E-state index in [1.165, 1.54) is 116 Å². The molecule has 0 N–H and O–H groups in total. The van der Waals surface area contributed by atoms with Crippen LogP contribution in [0.15, 0.2) is 0 Å². The van der Waals surface area contributed by atoms with Gasteiger partial charge in [-0.15, -0.1) is 0 Å². The van der Waals surface area contributed by atoms with Gasteiger partial charge in [0, 0.05) is 0 Å². The van der Waals surface area contributed by atoms with Gasteiger partial charge >= 0.3 is 173 Å². The standard InChI is InChI=1S/C24H53PSe/c1-4-7-10-13-16-19-22-26(25,23-20-17-14-11-8-5-2)24-21-18-15-12-9-6-3/h4-25H2,1-3H3. The Labute approximate surface area is 172 Å². The Morgan fingerprint density at radius 1 is 0.385 bits per heavy atom. The molecule has 0 bridgehead atoms. The van der Waals surface area contributed by atoms with E-state index in [4.69, 9.17) is 0 Å².